The second kappa shape index (κ2) is 18.6. The average Bonchev–Trinajstić information content (AvgIpc) is 3.09. The van der Waals surface area contributed by atoms with Gasteiger partial charge in [0.1, 0.15) is 12.7 Å². The van der Waals surface area contributed by atoms with Crippen LogP contribution in [0.5, 0.6) is 0 Å². The minimum atomic E-state index is -0.612. The van der Waals surface area contributed by atoms with E-state index in [4.69, 9.17) is 9.47 Å². The van der Waals surface area contributed by atoms with Crippen molar-refractivity contribution in [3.63, 3.8) is 0 Å². The zero-order valence-corrected chi connectivity index (χ0v) is 22.4. The van der Waals surface area contributed by atoms with E-state index in [1.54, 1.807) is 0 Å². The number of esters is 2. The Labute approximate surface area is 212 Å². The lowest BCUT2D eigenvalue weighted by molar-refractivity contribution is -0.145. The summed E-state index contributed by atoms with van der Waals surface area (Å²) in [5, 5.41) is 20.9. The third-order valence-corrected chi connectivity index (χ3v) is 6.77. The number of allylic oxidation sites excluding steroid dienone is 2. The summed E-state index contributed by atoms with van der Waals surface area (Å²) >= 11 is 0. The van der Waals surface area contributed by atoms with Crippen LogP contribution >= 0.6 is 0 Å². The number of aliphatic hydroxyl groups excluding tert-OH is 2. The predicted octanol–water partition coefficient (Wildman–Crippen LogP) is 4.41. The number of rotatable bonds is 18. The molecule has 5 atom stereocenters. The van der Waals surface area contributed by atoms with Crippen LogP contribution in [-0.2, 0) is 19.1 Å². The zero-order chi connectivity index (χ0) is 26.1. The number of unbranched alkanes of at least 4 members (excludes halogenated alkanes) is 3. The largest absolute Gasteiger partial charge is 0.464 e. The summed E-state index contributed by atoms with van der Waals surface area (Å²) in [7, 11) is 0. The Morgan fingerprint density at radius 3 is 2.46 bits per heavy atom. The predicted molar refractivity (Wildman–Crippen MR) is 139 cm³/mol. The Morgan fingerprint density at radius 2 is 1.80 bits per heavy atom. The van der Waals surface area contributed by atoms with Gasteiger partial charge in [-0.15, -0.1) is 0 Å². The highest BCUT2D eigenvalue weighted by atomic mass is 16.5. The number of hydrogen-bond acceptors (Lipinski definition) is 7. The number of carbonyl (C=O) groups excluding carboxylic acids is 2. The molecule has 2 N–H and O–H groups in total. The molecule has 1 rings (SSSR count). The fourth-order valence-electron chi connectivity index (χ4n) is 4.60. The molecule has 0 amide bonds. The van der Waals surface area contributed by atoms with E-state index in [1.807, 2.05) is 24.3 Å². The lowest BCUT2D eigenvalue weighted by Crippen LogP contribution is -2.27. The Balaban J connectivity index is 2.46. The van der Waals surface area contributed by atoms with Crippen molar-refractivity contribution in [3.8, 4) is 0 Å². The van der Waals surface area contributed by atoms with E-state index in [9.17, 15) is 19.8 Å². The summed E-state index contributed by atoms with van der Waals surface area (Å²) in [5.41, 5.74) is 0. The van der Waals surface area contributed by atoms with Gasteiger partial charge in [0, 0.05) is 32.2 Å². The van der Waals surface area contributed by atoms with Gasteiger partial charge in [-0.1, -0.05) is 51.8 Å². The van der Waals surface area contributed by atoms with Crippen molar-refractivity contribution in [2.45, 2.75) is 104 Å². The van der Waals surface area contributed by atoms with Crippen LogP contribution in [-0.4, -0.2) is 71.6 Å². The molecule has 0 saturated heterocycles. The summed E-state index contributed by atoms with van der Waals surface area (Å²) in [6, 6.07) is 0. The molecular weight excluding hydrogens is 446 g/mol. The van der Waals surface area contributed by atoms with Gasteiger partial charge in [0.25, 0.3) is 0 Å². The molecule has 35 heavy (non-hydrogen) atoms. The monoisotopic (exact) mass is 495 g/mol. The normalized spacial score (nSPS) is 23.4. The number of carbonyl (C=O) groups is 2. The molecule has 0 radical (unpaired) electrons. The maximum Gasteiger partial charge on any atom is 0.305 e. The Hall–Kier alpha value is -1.70. The van der Waals surface area contributed by atoms with Crippen molar-refractivity contribution in [2.24, 2.45) is 11.8 Å². The minimum Gasteiger partial charge on any atom is -0.464 e. The van der Waals surface area contributed by atoms with Crippen LogP contribution in [0, 0.1) is 11.8 Å². The van der Waals surface area contributed by atoms with Crippen LogP contribution in [0.2, 0.25) is 0 Å². The molecule has 202 valence electrons. The van der Waals surface area contributed by atoms with Gasteiger partial charge in [-0.25, -0.2) is 0 Å². The van der Waals surface area contributed by atoms with Gasteiger partial charge in [-0.2, -0.15) is 0 Å². The minimum absolute atomic E-state index is 0.0869. The smallest absolute Gasteiger partial charge is 0.305 e. The zero-order valence-electron chi connectivity index (χ0n) is 22.4. The van der Waals surface area contributed by atoms with Gasteiger partial charge < -0.3 is 24.6 Å². The van der Waals surface area contributed by atoms with Gasteiger partial charge in [-0.05, 0) is 57.2 Å². The molecule has 0 aromatic rings. The van der Waals surface area contributed by atoms with Crippen molar-refractivity contribution in [1.82, 2.24) is 4.90 Å². The quantitative estimate of drug-likeness (QED) is 0.165. The van der Waals surface area contributed by atoms with E-state index in [2.05, 4.69) is 25.7 Å². The molecule has 0 aromatic heterocycles. The summed E-state index contributed by atoms with van der Waals surface area (Å²) in [6.45, 7) is 10.8. The second-order valence-electron chi connectivity index (χ2n) is 9.49. The molecule has 7 nitrogen and oxygen atoms in total. The number of hydrogen-bond donors (Lipinski definition) is 2. The van der Waals surface area contributed by atoms with Gasteiger partial charge in [0.05, 0.1) is 12.2 Å². The van der Waals surface area contributed by atoms with Crippen molar-refractivity contribution < 1.29 is 29.3 Å². The Morgan fingerprint density at radius 1 is 1.06 bits per heavy atom. The number of nitrogens with zero attached hydrogens (tertiary/aromatic N) is 1. The lowest BCUT2D eigenvalue weighted by atomic mass is 9.89. The maximum absolute atomic E-state index is 11.9. The fraction of sp³-hybridized carbons (Fsp3) is 0.786. The highest BCUT2D eigenvalue weighted by Gasteiger charge is 2.39. The van der Waals surface area contributed by atoms with Gasteiger partial charge in [0.2, 0.25) is 0 Å². The first-order chi connectivity index (χ1) is 16.8. The van der Waals surface area contributed by atoms with E-state index in [1.165, 1.54) is 6.92 Å². The van der Waals surface area contributed by atoms with Crippen molar-refractivity contribution in [1.29, 1.82) is 0 Å². The molecule has 1 fully saturated rings. The molecular formula is C28H49NO6. The number of ether oxygens (including phenoxy) is 2. The van der Waals surface area contributed by atoms with Crippen molar-refractivity contribution in [2.75, 3.05) is 26.2 Å². The standard InChI is InChI=1S/C28H49NO6/c1-5-8-11-14-23(35-22(4)30)17-18-25-24(26(31)21-27(25)32)15-12-9-10-13-16-28(33)34-20-19-29(6-2)7-3/h9,12,17-18,23-27,31-32H,5-8,10-11,13-16,19-21H2,1-4H3/b12-9+,18-17+/t23?,24-,25-,26?,27?/m1/s1. The van der Waals surface area contributed by atoms with Crippen LogP contribution in [0.15, 0.2) is 24.3 Å². The van der Waals surface area contributed by atoms with E-state index in [-0.39, 0.29) is 29.9 Å². The summed E-state index contributed by atoms with van der Waals surface area (Å²) in [5.74, 6) is -0.738. The van der Waals surface area contributed by atoms with Crippen LogP contribution in [0.3, 0.4) is 0 Å². The highest BCUT2D eigenvalue weighted by Crippen LogP contribution is 2.36. The number of likely N-dealkylation sites (N-methyl/N-ethyl adjacent to an activating group) is 1. The molecule has 3 unspecified atom stereocenters. The first-order valence-corrected chi connectivity index (χ1v) is 13.6. The molecule has 0 aromatic carbocycles. The van der Waals surface area contributed by atoms with Crippen LogP contribution < -0.4 is 0 Å². The van der Waals surface area contributed by atoms with Crippen LogP contribution in [0.4, 0.5) is 0 Å². The molecule has 7 heteroatoms. The molecule has 1 saturated carbocycles. The average molecular weight is 496 g/mol. The Kier molecular flexibility index (Phi) is 16.6. The maximum atomic E-state index is 11.9. The third-order valence-electron chi connectivity index (χ3n) is 6.77. The van der Waals surface area contributed by atoms with Gasteiger partial charge in [0.15, 0.2) is 0 Å². The van der Waals surface area contributed by atoms with Crippen LogP contribution in [0.1, 0.15) is 85.5 Å². The molecule has 1 aliphatic carbocycles. The molecule has 0 bridgehead atoms. The van der Waals surface area contributed by atoms with E-state index >= 15 is 0 Å². The molecule has 0 aliphatic heterocycles. The van der Waals surface area contributed by atoms with E-state index in [0.29, 0.717) is 25.9 Å². The topological polar surface area (TPSA) is 96.3 Å². The Bertz CT molecular complexity index is 645. The van der Waals surface area contributed by atoms with Gasteiger partial charge in [-0.3, -0.25) is 9.59 Å². The van der Waals surface area contributed by atoms with Crippen LogP contribution in [0.25, 0.3) is 0 Å². The third kappa shape index (κ3) is 13.3. The molecule has 0 heterocycles. The first-order valence-electron chi connectivity index (χ1n) is 13.6. The molecule has 1 aliphatic rings. The summed E-state index contributed by atoms with van der Waals surface area (Å²) in [4.78, 5) is 25.5. The van der Waals surface area contributed by atoms with Gasteiger partial charge >= 0.3 is 11.9 Å². The summed E-state index contributed by atoms with van der Waals surface area (Å²) < 4.78 is 10.7. The SMILES string of the molecule is CCCCCC(/C=C/[C@H]1C(O)CC(O)[C@@H]1C/C=C/CCCC(=O)OCCN(CC)CC)OC(C)=O. The number of aliphatic hydroxyl groups is 2. The highest BCUT2D eigenvalue weighted by molar-refractivity contribution is 5.69. The second-order valence-corrected chi connectivity index (χ2v) is 9.49. The summed E-state index contributed by atoms with van der Waals surface area (Å²) in [6.07, 6.45) is 13.2. The van der Waals surface area contributed by atoms with E-state index in [0.717, 1.165) is 58.2 Å². The lowest BCUT2D eigenvalue weighted by Gasteiger charge is -2.20. The fourth-order valence-corrected chi connectivity index (χ4v) is 4.60. The van der Waals surface area contributed by atoms with E-state index < -0.39 is 12.2 Å². The van der Waals surface area contributed by atoms with Crippen molar-refractivity contribution >= 4 is 11.9 Å². The van der Waals surface area contributed by atoms with Crippen molar-refractivity contribution in [3.05, 3.63) is 24.3 Å². The first kappa shape index (κ1) is 31.3. The molecule has 0 spiro atoms.